The van der Waals surface area contributed by atoms with Crippen LogP contribution in [0, 0.1) is 11.2 Å². The van der Waals surface area contributed by atoms with Gasteiger partial charge < -0.3 is 30.9 Å². The third-order valence-electron chi connectivity index (χ3n) is 4.63. The SMILES string of the molecule is N=C(N)c1ccc(NC(=O)[C@H](O)[C@H]2OCCN(c3ccc(F)c(C(=O)O)c3)C2=O)cc1. The molecule has 1 aliphatic rings. The molecule has 1 fully saturated rings. The first kappa shape index (κ1) is 21.9. The number of carboxylic acid groups (broad SMARTS) is 1. The van der Waals surface area contributed by atoms with E-state index in [0.29, 0.717) is 11.3 Å². The minimum absolute atomic E-state index is 0.0286. The Bertz CT molecular complexity index is 1040. The molecular weight excluding hydrogens is 411 g/mol. The summed E-state index contributed by atoms with van der Waals surface area (Å²) in [7, 11) is 0. The molecule has 162 valence electrons. The van der Waals surface area contributed by atoms with Gasteiger partial charge in [-0.05, 0) is 42.5 Å². The number of nitrogens with one attached hydrogen (secondary N) is 2. The molecule has 1 heterocycles. The standard InChI is InChI=1S/C20H19FN4O6/c21-14-6-5-12(9-13(14)20(29)30)25-7-8-31-16(19(25)28)15(26)18(27)24-11-3-1-10(2-4-11)17(22)23/h1-6,9,15-16,26H,7-8H2,(H3,22,23)(H,24,27)(H,29,30)/t15-,16-/m1/s1. The number of amides is 2. The lowest BCUT2D eigenvalue weighted by Gasteiger charge is -2.34. The van der Waals surface area contributed by atoms with Crippen molar-refractivity contribution in [2.75, 3.05) is 23.4 Å². The molecule has 2 aromatic carbocycles. The van der Waals surface area contributed by atoms with E-state index in [2.05, 4.69) is 5.32 Å². The molecule has 3 rings (SSSR count). The number of carbonyl (C=O) groups excluding carboxylic acids is 2. The van der Waals surface area contributed by atoms with Gasteiger partial charge in [0.2, 0.25) is 0 Å². The molecule has 1 aliphatic heterocycles. The fraction of sp³-hybridized carbons (Fsp3) is 0.200. The number of nitrogens with zero attached hydrogens (tertiary/aromatic N) is 1. The second-order valence-electron chi connectivity index (χ2n) is 6.68. The van der Waals surface area contributed by atoms with E-state index in [1.165, 1.54) is 30.3 Å². The molecule has 0 radical (unpaired) electrons. The van der Waals surface area contributed by atoms with E-state index in [-0.39, 0.29) is 24.7 Å². The maximum Gasteiger partial charge on any atom is 0.338 e. The number of carboxylic acids is 1. The number of aliphatic hydroxyl groups is 1. The summed E-state index contributed by atoms with van der Waals surface area (Å²) in [5.41, 5.74) is 5.60. The van der Waals surface area contributed by atoms with E-state index in [0.717, 1.165) is 17.0 Å². The minimum atomic E-state index is -1.86. The van der Waals surface area contributed by atoms with Crippen LogP contribution in [0.5, 0.6) is 0 Å². The summed E-state index contributed by atoms with van der Waals surface area (Å²) in [5.74, 6) is -4.27. The van der Waals surface area contributed by atoms with E-state index >= 15 is 0 Å². The lowest BCUT2D eigenvalue weighted by atomic mass is 10.1. The van der Waals surface area contributed by atoms with Gasteiger partial charge in [0.05, 0.1) is 12.2 Å². The number of rotatable bonds is 6. The Morgan fingerprint density at radius 1 is 1.26 bits per heavy atom. The van der Waals surface area contributed by atoms with Gasteiger partial charge in [-0.2, -0.15) is 0 Å². The molecule has 0 bridgehead atoms. The average Bonchev–Trinajstić information content (AvgIpc) is 2.74. The molecule has 0 unspecified atom stereocenters. The summed E-state index contributed by atoms with van der Waals surface area (Å²) in [6.45, 7) is -0.00525. The Morgan fingerprint density at radius 3 is 2.55 bits per heavy atom. The van der Waals surface area contributed by atoms with Gasteiger partial charge in [0.25, 0.3) is 11.8 Å². The smallest absolute Gasteiger partial charge is 0.338 e. The maximum atomic E-state index is 13.7. The van der Waals surface area contributed by atoms with Crippen LogP contribution >= 0.6 is 0 Å². The third kappa shape index (κ3) is 4.68. The molecule has 31 heavy (non-hydrogen) atoms. The highest BCUT2D eigenvalue weighted by atomic mass is 19.1. The van der Waals surface area contributed by atoms with Crippen molar-refractivity contribution in [3.05, 3.63) is 59.4 Å². The van der Waals surface area contributed by atoms with Crippen LogP contribution in [0.15, 0.2) is 42.5 Å². The molecule has 10 nitrogen and oxygen atoms in total. The summed E-state index contributed by atoms with van der Waals surface area (Å²) in [6.07, 6.45) is -3.40. The number of ether oxygens (including phenoxy) is 1. The van der Waals surface area contributed by atoms with Gasteiger partial charge in [-0.1, -0.05) is 0 Å². The van der Waals surface area contributed by atoms with Crippen molar-refractivity contribution in [1.82, 2.24) is 0 Å². The third-order valence-corrected chi connectivity index (χ3v) is 4.63. The predicted molar refractivity (Wildman–Crippen MR) is 108 cm³/mol. The molecule has 0 saturated carbocycles. The van der Waals surface area contributed by atoms with Crippen molar-refractivity contribution in [3.63, 3.8) is 0 Å². The number of nitrogens with two attached hydrogens (primary N) is 1. The largest absolute Gasteiger partial charge is 0.478 e. The topological polar surface area (TPSA) is 166 Å². The summed E-state index contributed by atoms with van der Waals surface area (Å²) < 4.78 is 18.9. The van der Waals surface area contributed by atoms with E-state index in [1.807, 2.05) is 0 Å². The summed E-state index contributed by atoms with van der Waals surface area (Å²) >= 11 is 0. The lowest BCUT2D eigenvalue weighted by molar-refractivity contribution is -0.150. The van der Waals surface area contributed by atoms with Crippen LogP contribution in [-0.2, 0) is 14.3 Å². The van der Waals surface area contributed by atoms with Gasteiger partial charge in [-0.3, -0.25) is 15.0 Å². The van der Waals surface area contributed by atoms with E-state index in [9.17, 15) is 23.9 Å². The Morgan fingerprint density at radius 2 is 1.94 bits per heavy atom. The van der Waals surface area contributed by atoms with Gasteiger partial charge in [-0.25, -0.2) is 9.18 Å². The van der Waals surface area contributed by atoms with Gasteiger partial charge in [0.15, 0.2) is 12.2 Å². The van der Waals surface area contributed by atoms with Crippen LogP contribution in [0.2, 0.25) is 0 Å². The first-order valence-corrected chi connectivity index (χ1v) is 9.08. The second-order valence-corrected chi connectivity index (χ2v) is 6.68. The highest BCUT2D eigenvalue weighted by molar-refractivity contribution is 6.04. The van der Waals surface area contributed by atoms with Crippen LogP contribution < -0.4 is 16.0 Å². The van der Waals surface area contributed by atoms with Crippen molar-refractivity contribution in [1.29, 1.82) is 5.41 Å². The number of halogens is 1. The zero-order chi connectivity index (χ0) is 22.7. The molecule has 2 aromatic rings. The average molecular weight is 430 g/mol. The normalized spacial score (nSPS) is 17.2. The Hall–Kier alpha value is -3.83. The van der Waals surface area contributed by atoms with Gasteiger partial charge in [0.1, 0.15) is 11.7 Å². The first-order chi connectivity index (χ1) is 14.7. The quantitative estimate of drug-likeness (QED) is 0.329. The Balaban J connectivity index is 1.74. The molecule has 2 amide bonds. The molecule has 0 aromatic heterocycles. The Labute approximate surface area is 175 Å². The zero-order valence-electron chi connectivity index (χ0n) is 16.0. The molecular formula is C20H19FN4O6. The van der Waals surface area contributed by atoms with Gasteiger partial charge in [0, 0.05) is 23.5 Å². The number of aromatic carboxylic acids is 1. The maximum absolute atomic E-state index is 13.7. The van der Waals surface area contributed by atoms with E-state index in [1.54, 1.807) is 0 Å². The highest BCUT2D eigenvalue weighted by Crippen LogP contribution is 2.23. The number of hydrogen-bond donors (Lipinski definition) is 5. The highest BCUT2D eigenvalue weighted by Gasteiger charge is 2.39. The van der Waals surface area contributed by atoms with Crippen LogP contribution in [0.4, 0.5) is 15.8 Å². The monoisotopic (exact) mass is 430 g/mol. The molecule has 0 aliphatic carbocycles. The number of hydrogen-bond acceptors (Lipinski definition) is 6. The fourth-order valence-corrected chi connectivity index (χ4v) is 3.02. The van der Waals surface area contributed by atoms with Gasteiger partial charge in [-0.15, -0.1) is 0 Å². The number of benzene rings is 2. The second kappa shape index (κ2) is 8.90. The summed E-state index contributed by atoms with van der Waals surface area (Å²) in [5, 5.41) is 29.2. The van der Waals surface area contributed by atoms with Crippen LogP contribution in [0.1, 0.15) is 15.9 Å². The molecule has 2 atom stereocenters. The number of morpholine rings is 1. The van der Waals surface area contributed by atoms with Crippen molar-refractivity contribution in [3.8, 4) is 0 Å². The molecule has 6 N–H and O–H groups in total. The predicted octanol–water partition coefficient (Wildman–Crippen LogP) is 0.539. The van der Waals surface area contributed by atoms with E-state index < -0.39 is 41.4 Å². The van der Waals surface area contributed by atoms with E-state index in [4.69, 9.17) is 21.0 Å². The van der Waals surface area contributed by atoms with Gasteiger partial charge >= 0.3 is 5.97 Å². The van der Waals surface area contributed by atoms with Crippen molar-refractivity contribution in [2.45, 2.75) is 12.2 Å². The minimum Gasteiger partial charge on any atom is -0.478 e. The van der Waals surface area contributed by atoms with Crippen molar-refractivity contribution < 1.29 is 33.7 Å². The fourth-order valence-electron chi connectivity index (χ4n) is 3.02. The van der Waals surface area contributed by atoms with Crippen molar-refractivity contribution in [2.24, 2.45) is 5.73 Å². The van der Waals surface area contributed by atoms with Crippen LogP contribution in [-0.4, -0.2) is 59.2 Å². The first-order valence-electron chi connectivity index (χ1n) is 9.08. The number of carbonyl (C=O) groups is 3. The summed E-state index contributed by atoms with van der Waals surface area (Å²) in [6, 6.07) is 9.11. The number of nitrogen functional groups attached to an aromatic ring is 1. The molecule has 1 saturated heterocycles. The number of aliphatic hydroxyl groups excluding tert-OH is 1. The summed E-state index contributed by atoms with van der Waals surface area (Å²) in [4.78, 5) is 37.5. The zero-order valence-corrected chi connectivity index (χ0v) is 16.0. The lowest BCUT2D eigenvalue weighted by Crippen LogP contribution is -2.55. The van der Waals surface area contributed by atoms with Crippen LogP contribution in [0.3, 0.4) is 0 Å². The molecule has 11 heteroatoms. The van der Waals surface area contributed by atoms with Crippen molar-refractivity contribution >= 4 is 35.0 Å². The number of anilines is 2. The van der Waals surface area contributed by atoms with Crippen LogP contribution in [0.25, 0.3) is 0 Å². The Kier molecular flexibility index (Phi) is 6.28. The molecule has 0 spiro atoms. The number of amidine groups is 1.